The van der Waals surface area contributed by atoms with E-state index in [9.17, 15) is 18.0 Å². The standard InChI is InChI=1S/C16H26N4O6S/c1-25-10-8-20(9-11-26-2)16(22)19-18-15(21)6-12-27(23,24)13-14-5-3-4-7-17-14/h3-5,7H,6,8-13H2,1-2H3,(H,18,21)(H,19,22). The third-order valence-electron chi connectivity index (χ3n) is 3.46. The summed E-state index contributed by atoms with van der Waals surface area (Å²) in [5, 5.41) is 0. The van der Waals surface area contributed by atoms with Crippen molar-refractivity contribution in [3.8, 4) is 0 Å². The molecule has 1 rings (SSSR count). The van der Waals surface area contributed by atoms with Crippen LogP contribution in [0.2, 0.25) is 0 Å². The number of nitrogens with one attached hydrogen (secondary N) is 2. The van der Waals surface area contributed by atoms with E-state index in [0.717, 1.165) is 0 Å². The summed E-state index contributed by atoms with van der Waals surface area (Å²) in [5.74, 6) is -1.19. The maximum atomic E-state index is 12.1. The third-order valence-corrected chi connectivity index (χ3v) is 5.02. The van der Waals surface area contributed by atoms with Gasteiger partial charge in [-0.05, 0) is 12.1 Å². The Kier molecular flexibility index (Phi) is 10.3. The molecular formula is C16H26N4O6S. The Morgan fingerprint density at radius 2 is 1.78 bits per heavy atom. The van der Waals surface area contributed by atoms with Gasteiger partial charge >= 0.3 is 6.03 Å². The summed E-state index contributed by atoms with van der Waals surface area (Å²) >= 11 is 0. The molecule has 0 atom stereocenters. The van der Waals surface area contributed by atoms with E-state index >= 15 is 0 Å². The normalized spacial score (nSPS) is 11.0. The lowest BCUT2D eigenvalue weighted by Crippen LogP contribution is -2.50. The molecule has 1 aromatic rings. The second-order valence-electron chi connectivity index (χ2n) is 5.61. The minimum Gasteiger partial charge on any atom is -0.383 e. The molecule has 1 heterocycles. The minimum atomic E-state index is -3.49. The maximum absolute atomic E-state index is 12.1. The van der Waals surface area contributed by atoms with Crippen LogP contribution in [0.3, 0.4) is 0 Å². The molecular weight excluding hydrogens is 376 g/mol. The highest BCUT2D eigenvalue weighted by atomic mass is 32.2. The summed E-state index contributed by atoms with van der Waals surface area (Å²) in [5.41, 5.74) is 4.88. The number of nitrogens with zero attached hydrogens (tertiary/aromatic N) is 2. The van der Waals surface area contributed by atoms with Gasteiger partial charge < -0.3 is 14.4 Å². The lowest BCUT2D eigenvalue weighted by atomic mass is 10.4. The first-order chi connectivity index (χ1) is 12.9. The molecule has 0 unspecified atom stereocenters. The highest BCUT2D eigenvalue weighted by molar-refractivity contribution is 7.90. The zero-order valence-electron chi connectivity index (χ0n) is 15.5. The molecule has 2 N–H and O–H groups in total. The molecule has 0 aliphatic rings. The maximum Gasteiger partial charge on any atom is 0.336 e. The molecule has 152 valence electrons. The van der Waals surface area contributed by atoms with Gasteiger partial charge in [0.2, 0.25) is 5.91 Å². The first-order valence-corrected chi connectivity index (χ1v) is 10.1. The van der Waals surface area contributed by atoms with E-state index in [0.29, 0.717) is 32.0 Å². The van der Waals surface area contributed by atoms with Crippen molar-refractivity contribution in [1.29, 1.82) is 0 Å². The van der Waals surface area contributed by atoms with Crippen LogP contribution in [0.5, 0.6) is 0 Å². The number of urea groups is 1. The number of rotatable bonds is 11. The molecule has 0 spiro atoms. The lowest BCUT2D eigenvalue weighted by molar-refractivity contribution is -0.121. The van der Waals surface area contributed by atoms with Crippen LogP contribution >= 0.6 is 0 Å². The van der Waals surface area contributed by atoms with Crippen LogP contribution in [0.25, 0.3) is 0 Å². The average Bonchev–Trinajstić information content (AvgIpc) is 2.65. The topological polar surface area (TPSA) is 127 Å². The minimum absolute atomic E-state index is 0.241. The molecule has 11 heteroatoms. The molecule has 1 aromatic heterocycles. The molecule has 0 fully saturated rings. The van der Waals surface area contributed by atoms with Crippen molar-refractivity contribution in [3.05, 3.63) is 30.1 Å². The molecule has 0 bridgehead atoms. The number of ether oxygens (including phenoxy) is 2. The van der Waals surface area contributed by atoms with Crippen molar-refractivity contribution < 1.29 is 27.5 Å². The largest absolute Gasteiger partial charge is 0.383 e. The van der Waals surface area contributed by atoms with Gasteiger partial charge in [-0.1, -0.05) is 6.07 Å². The summed E-state index contributed by atoms with van der Waals surface area (Å²) in [7, 11) is -0.461. The number of aromatic nitrogens is 1. The second-order valence-corrected chi connectivity index (χ2v) is 7.80. The number of methoxy groups -OCH3 is 2. The number of hydrogen-bond acceptors (Lipinski definition) is 7. The summed E-state index contributed by atoms with van der Waals surface area (Å²) in [6, 6.07) is 4.45. The summed E-state index contributed by atoms with van der Waals surface area (Å²) in [6.07, 6.45) is 1.23. The van der Waals surface area contributed by atoms with Crippen LogP contribution in [0, 0.1) is 0 Å². The van der Waals surface area contributed by atoms with Crippen LogP contribution in [0.1, 0.15) is 12.1 Å². The second kappa shape index (κ2) is 12.2. The van der Waals surface area contributed by atoms with Gasteiger partial charge in [0.15, 0.2) is 9.84 Å². The molecule has 10 nitrogen and oxygen atoms in total. The average molecular weight is 402 g/mol. The number of amides is 3. The van der Waals surface area contributed by atoms with Crippen LogP contribution in [0.4, 0.5) is 4.79 Å². The van der Waals surface area contributed by atoms with Crippen molar-refractivity contribution in [1.82, 2.24) is 20.7 Å². The van der Waals surface area contributed by atoms with Gasteiger partial charge in [0.25, 0.3) is 0 Å². The predicted molar refractivity (Wildman–Crippen MR) is 98.3 cm³/mol. The number of pyridine rings is 1. The summed E-state index contributed by atoms with van der Waals surface area (Å²) < 4.78 is 34.0. The Morgan fingerprint density at radius 1 is 1.11 bits per heavy atom. The molecule has 0 saturated carbocycles. The van der Waals surface area contributed by atoms with E-state index in [1.807, 2.05) is 0 Å². The van der Waals surface area contributed by atoms with Crippen LogP contribution in [-0.4, -0.2) is 76.5 Å². The van der Waals surface area contributed by atoms with Crippen LogP contribution in [0.15, 0.2) is 24.4 Å². The van der Waals surface area contributed by atoms with E-state index in [1.165, 1.54) is 25.3 Å². The lowest BCUT2D eigenvalue weighted by Gasteiger charge is -2.22. The Bertz CT molecular complexity index is 675. The van der Waals surface area contributed by atoms with Crippen molar-refractivity contribution in [2.45, 2.75) is 12.2 Å². The van der Waals surface area contributed by atoms with Gasteiger partial charge in [0.1, 0.15) is 0 Å². The molecule has 0 aliphatic heterocycles. The zero-order chi connectivity index (χ0) is 20.1. The Balaban J connectivity index is 2.41. The quantitative estimate of drug-likeness (QED) is 0.488. The van der Waals surface area contributed by atoms with E-state index in [-0.39, 0.29) is 17.9 Å². The van der Waals surface area contributed by atoms with Crippen LogP contribution < -0.4 is 10.9 Å². The van der Waals surface area contributed by atoms with Crippen molar-refractivity contribution in [3.63, 3.8) is 0 Å². The monoisotopic (exact) mass is 402 g/mol. The first-order valence-electron chi connectivity index (χ1n) is 8.30. The smallest absolute Gasteiger partial charge is 0.336 e. The number of carbonyl (C=O) groups is 2. The number of hydrazine groups is 1. The molecule has 27 heavy (non-hydrogen) atoms. The Labute approximate surface area is 159 Å². The highest BCUT2D eigenvalue weighted by Gasteiger charge is 2.17. The Morgan fingerprint density at radius 3 is 2.33 bits per heavy atom. The van der Waals surface area contributed by atoms with E-state index in [4.69, 9.17) is 9.47 Å². The number of hydrogen-bond donors (Lipinski definition) is 2. The molecule has 0 aromatic carbocycles. The highest BCUT2D eigenvalue weighted by Crippen LogP contribution is 2.04. The first kappa shape index (κ1) is 22.8. The fraction of sp³-hybridized carbons (Fsp3) is 0.562. The SMILES string of the molecule is COCCN(CCOC)C(=O)NNC(=O)CCS(=O)(=O)Cc1ccccn1. The fourth-order valence-corrected chi connectivity index (χ4v) is 3.27. The summed E-state index contributed by atoms with van der Waals surface area (Å²) in [4.78, 5) is 29.3. The number of carbonyl (C=O) groups excluding carboxylic acids is 2. The van der Waals surface area contributed by atoms with Gasteiger partial charge in [0.05, 0.1) is 30.4 Å². The molecule has 0 radical (unpaired) electrons. The molecule has 3 amide bonds. The molecule has 0 aliphatic carbocycles. The van der Waals surface area contributed by atoms with Crippen molar-refractivity contribution in [2.24, 2.45) is 0 Å². The van der Waals surface area contributed by atoms with E-state index in [1.54, 1.807) is 18.2 Å². The number of sulfone groups is 1. The fourth-order valence-electron chi connectivity index (χ4n) is 2.01. The zero-order valence-corrected chi connectivity index (χ0v) is 16.3. The molecule has 0 saturated heterocycles. The van der Waals surface area contributed by atoms with Gasteiger partial charge in [-0.15, -0.1) is 0 Å². The summed E-state index contributed by atoms with van der Waals surface area (Å²) in [6.45, 7) is 1.30. The van der Waals surface area contributed by atoms with Gasteiger partial charge in [-0.3, -0.25) is 15.2 Å². The Hall–Kier alpha value is -2.24. The third kappa shape index (κ3) is 9.87. The van der Waals surface area contributed by atoms with Crippen LogP contribution in [-0.2, 0) is 29.9 Å². The van der Waals surface area contributed by atoms with Gasteiger partial charge in [-0.25, -0.2) is 18.6 Å². The van der Waals surface area contributed by atoms with Crippen molar-refractivity contribution in [2.75, 3.05) is 46.3 Å². The predicted octanol–water partition coefficient (Wildman–Crippen LogP) is -0.278. The van der Waals surface area contributed by atoms with Gasteiger partial charge in [-0.2, -0.15) is 0 Å². The van der Waals surface area contributed by atoms with Gasteiger partial charge in [0, 0.05) is 39.9 Å². The van der Waals surface area contributed by atoms with Crippen molar-refractivity contribution >= 4 is 21.8 Å². The van der Waals surface area contributed by atoms with E-state index in [2.05, 4.69) is 15.8 Å². The van der Waals surface area contributed by atoms with E-state index < -0.39 is 21.8 Å².